The van der Waals surface area contributed by atoms with Crippen LogP contribution in [0, 0.1) is 6.92 Å². The van der Waals surface area contributed by atoms with Gasteiger partial charge in [0.25, 0.3) is 0 Å². The third-order valence-corrected chi connectivity index (χ3v) is 5.65. The molecule has 7 heteroatoms. The quantitative estimate of drug-likeness (QED) is 0.779. The minimum absolute atomic E-state index is 0.00946. The molecule has 2 fully saturated rings. The van der Waals surface area contributed by atoms with Gasteiger partial charge in [-0.3, -0.25) is 14.6 Å². The van der Waals surface area contributed by atoms with Gasteiger partial charge in [-0.25, -0.2) is 4.98 Å². The minimum atomic E-state index is 0.00946. The largest absolute Gasteiger partial charge is 0.437 e. The first-order chi connectivity index (χ1) is 14.1. The van der Waals surface area contributed by atoms with E-state index in [1.165, 1.54) is 0 Å². The first-order valence-corrected chi connectivity index (χ1v) is 10.2. The number of amides is 2. The number of carbonyl (C=O) groups excluding carboxylic acids is 2. The molecule has 2 aliphatic rings. The molecule has 0 radical (unpaired) electrons. The second-order valence-electron chi connectivity index (χ2n) is 7.71. The van der Waals surface area contributed by atoms with Crippen LogP contribution in [-0.4, -0.2) is 57.8 Å². The van der Waals surface area contributed by atoms with Crippen LogP contribution in [0.25, 0.3) is 0 Å². The van der Waals surface area contributed by atoms with Crippen LogP contribution in [-0.2, 0) is 9.59 Å². The predicted molar refractivity (Wildman–Crippen MR) is 108 cm³/mol. The van der Waals surface area contributed by atoms with Crippen LogP contribution < -0.4 is 4.74 Å². The van der Waals surface area contributed by atoms with Crippen molar-refractivity contribution in [3.63, 3.8) is 0 Å². The fourth-order valence-corrected chi connectivity index (χ4v) is 4.03. The number of carbonyl (C=O) groups is 2. The number of ether oxygens (including phenoxy) is 1. The first-order valence-electron chi connectivity index (χ1n) is 10.2. The van der Waals surface area contributed by atoms with Crippen LogP contribution in [0.15, 0.2) is 36.7 Å². The van der Waals surface area contributed by atoms with Crippen molar-refractivity contribution in [3.05, 3.63) is 47.9 Å². The predicted octanol–water partition coefficient (Wildman–Crippen LogP) is 2.91. The van der Waals surface area contributed by atoms with Crippen molar-refractivity contribution in [2.24, 2.45) is 0 Å². The normalized spacial score (nSPS) is 19.5. The number of hydrogen-bond acceptors (Lipinski definition) is 5. The summed E-state index contributed by atoms with van der Waals surface area (Å²) in [6.45, 7) is 4.14. The third kappa shape index (κ3) is 4.39. The molecule has 0 bridgehead atoms. The van der Waals surface area contributed by atoms with E-state index in [4.69, 9.17) is 4.74 Å². The molecule has 1 unspecified atom stereocenters. The molecular weight excluding hydrogens is 368 g/mol. The maximum atomic E-state index is 12.8. The van der Waals surface area contributed by atoms with E-state index in [9.17, 15) is 9.59 Å². The first kappa shape index (κ1) is 19.4. The summed E-state index contributed by atoms with van der Waals surface area (Å²) in [6, 6.07) is 7.80. The summed E-state index contributed by atoms with van der Waals surface area (Å²) >= 11 is 0. The van der Waals surface area contributed by atoms with E-state index in [0.717, 1.165) is 36.3 Å². The van der Waals surface area contributed by atoms with Gasteiger partial charge in [0.15, 0.2) is 0 Å². The van der Waals surface area contributed by atoms with Gasteiger partial charge in [-0.1, -0.05) is 18.2 Å². The summed E-state index contributed by atoms with van der Waals surface area (Å²) in [7, 11) is 0. The number of hydrogen-bond donors (Lipinski definition) is 0. The maximum Gasteiger partial charge on any atom is 0.242 e. The lowest BCUT2D eigenvalue weighted by Gasteiger charge is -2.33. The van der Waals surface area contributed by atoms with E-state index in [2.05, 4.69) is 9.97 Å². The summed E-state index contributed by atoms with van der Waals surface area (Å²) in [5.74, 6) is 1.40. The monoisotopic (exact) mass is 394 g/mol. The molecule has 0 N–H and O–H groups in total. The molecule has 0 spiro atoms. The van der Waals surface area contributed by atoms with Crippen LogP contribution in [0.2, 0.25) is 0 Å². The molecule has 2 saturated heterocycles. The van der Waals surface area contributed by atoms with Gasteiger partial charge in [-0.15, -0.1) is 0 Å². The second kappa shape index (κ2) is 8.59. The van der Waals surface area contributed by atoms with Crippen molar-refractivity contribution in [2.75, 3.05) is 26.2 Å². The zero-order chi connectivity index (χ0) is 20.2. The summed E-state index contributed by atoms with van der Waals surface area (Å²) in [5, 5.41) is 0. The summed E-state index contributed by atoms with van der Waals surface area (Å²) in [5.41, 5.74) is 1.81. The van der Waals surface area contributed by atoms with E-state index in [-0.39, 0.29) is 24.3 Å². The Hall–Kier alpha value is -2.96. The van der Waals surface area contributed by atoms with E-state index in [1.54, 1.807) is 17.3 Å². The Morgan fingerprint density at radius 3 is 2.79 bits per heavy atom. The van der Waals surface area contributed by atoms with Crippen molar-refractivity contribution in [2.45, 2.75) is 38.5 Å². The molecule has 0 saturated carbocycles. The lowest BCUT2D eigenvalue weighted by atomic mass is 9.94. The highest BCUT2D eigenvalue weighted by atomic mass is 16.5. The second-order valence-corrected chi connectivity index (χ2v) is 7.71. The van der Waals surface area contributed by atoms with Crippen molar-refractivity contribution in [1.82, 2.24) is 19.8 Å². The smallest absolute Gasteiger partial charge is 0.242 e. The van der Waals surface area contributed by atoms with Gasteiger partial charge in [0, 0.05) is 44.4 Å². The maximum absolute atomic E-state index is 12.8. The average molecular weight is 394 g/mol. The molecule has 2 amide bonds. The van der Waals surface area contributed by atoms with Gasteiger partial charge in [0.1, 0.15) is 11.4 Å². The molecule has 1 aromatic carbocycles. The van der Waals surface area contributed by atoms with Crippen LogP contribution in [0.3, 0.4) is 0 Å². The van der Waals surface area contributed by atoms with Crippen LogP contribution >= 0.6 is 0 Å². The van der Waals surface area contributed by atoms with Crippen LogP contribution in [0.4, 0.5) is 0 Å². The number of aromatic nitrogens is 2. The molecule has 1 aromatic heterocycles. The van der Waals surface area contributed by atoms with Crippen molar-refractivity contribution < 1.29 is 14.3 Å². The van der Waals surface area contributed by atoms with Gasteiger partial charge in [-0.2, -0.15) is 0 Å². The number of rotatable bonds is 5. The highest BCUT2D eigenvalue weighted by Gasteiger charge is 2.30. The molecule has 0 aliphatic carbocycles. The minimum Gasteiger partial charge on any atom is -0.437 e. The molecule has 2 aliphatic heterocycles. The Morgan fingerprint density at radius 1 is 1.17 bits per heavy atom. The van der Waals surface area contributed by atoms with Crippen LogP contribution in [0.1, 0.15) is 42.9 Å². The molecule has 2 aromatic rings. The van der Waals surface area contributed by atoms with E-state index in [1.807, 2.05) is 36.1 Å². The van der Waals surface area contributed by atoms with Gasteiger partial charge in [-0.05, 0) is 37.8 Å². The molecule has 4 rings (SSSR count). The summed E-state index contributed by atoms with van der Waals surface area (Å²) in [6.07, 6.45) is 6.51. The zero-order valence-corrected chi connectivity index (χ0v) is 16.7. The zero-order valence-electron chi connectivity index (χ0n) is 16.7. The fourth-order valence-electron chi connectivity index (χ4n) is 4.03. The summed E-state index contributed by atoms with van der Waals surface area (Å²) < 4.78 is 6.08. The molecule has 152 valence electrons. The Morgan fingerprint density at radius 2 is 2.00 bits per heavy atom. The van der Waals surface area contributed by atoms with Gasteiger partial charge in [0.05, 0.1) is 6.54 Å². The number of aryl methyl sites for hydroxylation is 1. The summed E-state index contributed by atoms with van der Waals surface area (Å²) in [4.78, 5) is 37.1. The number of piperidine rings is 1. The average Bonchev–Trinajstić information content (AvgIpc) is 3.14. The number of nitrogens with zero attached hydrogens (tertiary/aromatic N) is 4. The van der Waals surface area contributed by atoms with Crippen molar-refractivity contribution in [1.29, 1.82) is 0 Å². The van der Waals surface area contributed by atoms with Crippen molar-refractivity contribution in [3.8, 4) is 11.6 Å². The molecule has 29 heavy (non-hydrogen) atoms. The Kier molecular flexibility index (Phi) is 5.74. The molecule has 1 atom stereocenters. The lowest BCUT2D eigenvalue weighted by molar-refractivity contribution is -0.139. The topological polar surface area (TPSA) is 75.6 Å². The molecule has 7 nitrogen and oxygen atoms in total. The molecular formula is C22H26N4O3. The number of likely N-dealkylation sites (tertiary alicyclic amines) is 2. The SMILES string of the molecule is Cc1ccccc1Oc1nccnc1C1CCCN(C(=O)CN2CCCC2=O)C1. The van der Waals surface area contributed by atoms with E-state index < -0.39 is 0 Å². The standard InChI is InChI=1S/C22H26N4O3/c1-16-6-2-3-8-18(16)29-22-21(23-10-11-24-22)17-7-4-12-25(14-17)20(28)15-26-13-5-9-19(26)27/h2-3,6,8,10-11,17H,4-5,7,9,12-15H2,1H3. The Labute approximate surface area is 170 Å². The molecule has 3 heterocycles. The fraction of sp³-hybridized carbons (Fsp3) is 0.455. The lowest BCUT2D eigenvalue weighted by Crippen LogP contribution is -2.45. The van der Waals surface area contributed by atoms with Gasteiger partial charge in [0.2, 0.25) is 17.7 Å². The van der Waals surface area contributed by atoms with Crippen LogP contribution in [0.5, 0.6) is 11.6 Å². The van der Waals surface area contributed by atoms with E-state index >= 15 is 0 Å². The Balaban J connectivity index is 1.48. The van der Waals surface area contributed by atoms with Crippen molar-refractivity contribution >= 4 is 11.8 Å². The highest BCUT2D eigenvalue weighted by Crippen LogP contribution is 2.33. The highest BCUT2D eigenvalue weighted by molar-refractivity contribution is 5.86. The number of benzene rings is 1. The Bertz CT molecular complexity index is 901. The van der Waals surface area contributed by atoms with E-state index in [0.29, 0.717) is 31.9 Å². The van der Waals surface area contributed by atoms with Gasteiger partial charge >= 0.3 is 0 Å². The van der Waals surface area contributed by atoms with Gasteiger partial charge < -0.3 is 14.5 Å². The number of para-hydroxylation sites is 1. The third-order valence-electron chi connectivity index (χ3n) is 5.65.